The summed E-state index contributed by atoms with van der Waals surface area (Å²) in [5, 5.41) is 25.3. The molecule has 0 N–H and O–H groups in total. The van der Waals surface area contributed by atoms with Crippen LogP contribution in [-0.4, -0.2) is 56.7 Å². The van der Waals surface area contributed by atoms with Crippen LogP contribution in [0.5, 0.6) is 0 Å². The van der Waals surface area contributed by atoms with Crippen molar-refractivity contribution in [3.63, 3.8) is 0 Å². The van der Waals surface area contributed by atoms with E-state index in [1.165, 1.54) is 0 Å². The van der Waals surface area contributed by atoms with E-state index in [-0.39, 0.29) is 28.8 Å². The Morgan fingerprint density at radius 1 is 0.609 bits per heavy atom. The largest absolute Gasteiger partial charge is 5.00 e. The Balaban J connectivity index is 0.00000182. The van der Waals surface area contributed by atoms with Crippen LogP contribution in [0.2, 0.25) is 0 Å². The maximum atomic E-state index is 14.8. The van der Waals surface area contributed by atoms with Gasteiger partial charge in [0.1, 0.15) is 10.0 Å². The molecule has 0 aliphatic carbocycles. The zero-order chi connectivity index (χ0) is 33.9. The molecule has 7 nitrogen and oxygen atoms in total. The third-order valence-corrected chi connectivity index (χ3v) is 7.29. The molecule has 0 amide bonds. The van der Waals surface area contributed by atoms with Crippen LogP contribution in [0.1, 0.15) is 22.3 Å². The minimum absolute atomic E-state index is 0. The molecule has 0 heterocycles. The number of rotatable bonds is 8. The van der Waals surface area contributed by atoms with E-state index in [2.05, 4.69) is 20.7 Å². The number of halogens is 3. The van der Waals surface area contributed by atoms with Crippen LogP contribution >= 0.6 is 0 Å². The molecule has 1 atom stereocenters. The Morgan fingerprint density at radius 3 is 1.30 bits per heavy atom. The molecule has 12 heteroatoms. The van der Waals surface area contributed by atoms with Crippen molar-refractivity contribution in [3.8, 4) is 0 Å². The van der Waals surface area contributed by atoms with E-state index >= 15 is 0 Å². The van der Waals surface area contributed by atoms with Gasteiger partial charge >= 0.3 is 28.6 Å². The third-order valence-electron chi connectivity index (χ3n) is 5.89. The summed E-state index contributed by atoms with van der Waals surface area (Å²) < 4.78 is 69.7. The maximum absolute atomic E-state index is 14.8. The second kappa shape index (κ2) is 21.9. The standard InChI is InChI=1S/C28H22F3NO3S.3C2H6N.Ta/c29-28(30,31)24-16-18-25(19-17-24)36(34,35)32-26(20-21-10-4-1-5-11-21)27(33,22-12-6-2-7-13-22)23-14-8-3-9-15-23;3*1-3-2;/h1-19,26H,20H2;3*1-2H3;/q-2;3*-1;+5/t26-;;;;/m0..../s1. The van der Waals surface area contributed by atoms with Gasteiger partial charge in [0.15, 0.2) is 0 Å². The minimum Gasteiger partial charge on any atom is -0.844 e. The molecule has 0 saturated heterocycles. The molecule has 246 valence electrons. The van der Waals surface area contributed by atoms with Gasteiger partial charge in [0, 0.05) is 4.90 Å². The van der Waals surface area contributed by atoms with Crippen molar-refractivity contribution in [3.05, 3.63) is 158 Å². The molecule has 4 rings (SSSR count). The Bertz CT molecular complexity index is 1400. The Labute approximate surface area is 287 Å². The zero-order valence-electron chi connectivity index (χ0n) is 26.8. The average Bonchev–Trinajstić information content (AvgIpc) is 3.02. The fourth-order valence-corrected chi connectivity index (χ4v) is 5.22. The van der Waals surface area contributed by atoms with Crippen LogP contribution < -0.4 is 5.11 Å². The first-order chi connectivity index (χ1) is 21.3. The molecule has 0 spiro atoms. The normalized spacial score (nSPS) is 11.6. The van der Waals surface area contributed by atoms with Crippen LogP contribution in [0.25, 0.3) is 20.7 Å². The molecular formula is C34H40F3N4O3STa. The van der Waals surface area contributed by atoms with Gasteiger partial charge in [-0.15, -0.1) is 6.04 Å². The first kappa shape index (κ1) is 43.2. The Morgan fingerprint density at radius 2 is 0.957 bits per heavy atom. The Hall–Kier alpha value is -2.84. The molecule has 0 saturated carbocycles. The number of alkyl halides is 3. The van der Waals surface area contributed by atoms with Gasteiger partial charge in [0.25, 0.3) is 0 Å². The number of hydrogen-bond acceptors (Lipinski definition) is 3. The van der Waals surface area contributed by atoms with E-state index in [0.717, 1.165) is 12.1 Å². The summed E-state index contributed by atoms with van der Waals surface area (Å²) in [6.07, 6.45) is -4.62. The topological polar surface area (TPSA) is 114 Å². The van der Waals surface area contributed by atoms with Gasteiger partial charge in [-0.3, -0.25) is 0 Å². The second-order valence-corrected chi connectivity index (χ2v) is 11.2. The van der Waals surface area contributed by atoms with Crippen molar-refractivity contribution in [2.24, 2.45) is 0 Å². The van der Waals surface area contributed by atoms with Crippen LogP contribution in [0.4, 0.5) is 13.2 Å². The summed E-state index contributed by atoms with van der Waals surface area (Å²) in [4.78, 5) is -0.419. The Kier molecular flexibility index (Phi) is 20.5. The molecule has 0 unspecified atom stereocenters. The van der Waals surface area contributed by atoms with Crippen LogP contribution in [0.15, 0.2) is 120 Å². The predicted octanol–water partition coefficient (Wildman–Crippen LogP) is 7.54. The number of benzene rings is 4. The van der Waals surface area contributed by atoms with E-state index in [1.54, 1.807) is 133 Å². The smallest absolute Gasteiger partial charge is 0.844 e. The average molecular weight is 823 g/mol. The summed E-state index contributed by atoms with van der Waals surface area (Å²) in [5.41, 5.74) is -1.74. The predicted molar refractivity (Wildman–Crippen MR) is 175 cm³/mol. The van der Waals surface area contributed by atoms with Gasteiger partial charge in [-0.05, 0) is 36.2 Å². The van der Waals surface area contributed by atoms with Gasteiger partial charge in [-0.2, -0.15) is 55.5 Å². The van der Waals surface area contributed by atoms with Crippen molar-refractivity contribution < 1.29 is 49.1 Å². The van der Waals surface area contributed by atoms with Crippen molar-refractivity contribution in [1.82, 2.24) is 0 Å². The van der Waals surface area contributed by atoms with Gasteiger partial charge in [-0.25, -0.2) is 8.42 Å². The molecule has 0 aromatic heterocycles. The summed E-state index contributed by atoms with van der Waals surface area (Å²) in [6.45, 7) is 0. The molecule has 0 aliphatic rings. The van der Waals surface area contributed by atoms with Gasteiger partial charge in [0.2, 0.25) is 0 Å². The third kappa shape index (κ3) is 13.5. The summed E-state index contributed by atoms with van der Waals surface area (Å²) in [5.74, 6) is 0. The van der Waals surface area contributed by atoms with Crippen LogP contribution in [0.3, 0.4) is 0 Å². The van der Waals surface area contributed by atoms with Crippen molar-refractivity contribution >= 4 is 10.0 Å². The van der Waals surface area contributed by atoms with Crippen molar-refractivity contribution in [1.29, 1.82) is 0 Å². The van der Waals surface area contributed by atoms with E-state index in [9.17, 15) is 26.7 Å². The quantitative estimate of drug-likeness (QED) is 0.183. The molecule has 0 fully saturated rings. The van der Waals surface area contributed by atoms with Crippen LogP contribution in [0, 0.1) is 0 Å². The fraction of sp³-hybridized carbons (Fsp3) is 0.294. The molecule has 0 radical (unpaired) electrons. The molecule has 46 heavy (non-hydrogen) atoms. The monoisotopic (exact) mass is 822 g/mol. The minimum atomic E-state index is -4.61. The fourth-order valence-electron chi connectivity index (χ4n) is 4.06. The number of hydrogen-bond donors (Lipinski definition) is 0. The number of sulfonamides is 1. The number of nitrogens with zero attached hydrogens (tertiary/aromatic N) is 4. The SMILES string of the molecule is C[N-]C.C[N-]C.C[N-]C.O=S(=O)([N-][C@@H](Cc1ccccc1)C([O-])(c1ccccc1)c1ccccc1)c1ccc(C(F)(F)F)cc1.[Ta+5]. The van der Waals surface area contributed by atoms with E-state index in [0.29, 0.717) is 28.8 Å². The molecular weight excluding hydrogens is 782 g/mol. The zero-order valence-corrected chi connectivity index (χ0v) is 30.8. The van der Waals surface area contributed by atoms with Crippen molar-refractivity contribution in [2.45, 2.75) is 29.1 Å². The first-order valence-corrected chi connectivity index (χ1v) is 15.2. The molecule has 0 aliphatic heterocycles. The first-order valence-electron chi connectivity index (χ1n) is 13.8. The van der Waals surface area contributed by atoms with Gasteiger partial charge in [-0.1, -0.05) is 108 Å². The summed E-state index contributed by atoms with van der Waals surface area (Å²) >= 11 is 0. The second-order valence-electron chi connectivity index (χ2n) is 9.62. The molecule has 4 aromatic carbocycles. The van der Waals surface area contributed by atoms with Gasteiger partial charge in [0.05, 0.1) is 5.56 Å². The van der Waals surface area contributed by atoms with Gasteiger partial charge < -0.3 is 25.8 Å². The summed E-state index contributed by atoms with van der Waals surface area (Å²) in [6, 6.07) is 27.4. The molecule has 4 aromatic rings. The van der Waals surface area contributed by atoms with E-state index < -0.39 is 38.3 Å². The van der Waals surface area contributed by atoms with E-state index in [1.807, 2.05) is 0 Å². The maximum Gasteiger partial charge on any atom is 5.00 e. The molecule has 0 bridgehead atoms. The van der Waals surface area contributed by atoms with Crippen molar-refractivity contribution in [2.75, 3.05) is 42.3 Å². The van der Waals surface area contributed by atoms with Crippen LogP contribution in [-0.2, 0) is 50.6 Å². The van der Waals surface area contributed by atoms with E-state index in [4.69, 9.17) is 0 Å². The summed E-state index contributed by atoms with van der Waals surface area (Å²) in [7, 11) is 6.02.